The lowest BCUT2D eigenvalue weighted by atomic mass is 10.1. The van der Waals surface area contributed by atoms with Gasteiger partial charge < -0.3 is 9.47 Å². The lowest BCUT2D eigenvalue weighted by molar-refractivity contribution is 0.355. The van der Waals surface area contributed by atoms with E-state index in [9.17, 15) is 4.39 Å². The van der Waals surface area contributed by atoms with Gasteiger partial charge >= 0.3 is 0 Å². The molecular weight excluding hydrogens is 395 g/mol. The molecular formula is C24H21FN4O2. The Morgan fingerprint density at radius 2 is 1.65 bits per heavy atom. The molecule has 0 fully saturated rings. The largest absolute Gasteiger partial charge is 0.493 e. The molecule has 1 heterocycles. The molecule has 156 valence electrons. The molecule has 1 N–H and O–H groups in total. The molecule has 7 heteroatoms. The van der Waals surface area contributed by atoms with E-state index in [1.807, 2.05) is 49.4 Å². The summed E-state index contributed by atoms with van der Waals surface area (Å²) in [4.78, 5) is 9.07. The molecule has 0 saturated heterocycles. The predicted octanol–water partition coefficient (Wildman–Crippen LogP) is 5.29. The molecule has 0 unspecified atom stereocenters. The molecule has 0 aliphatic carbocycles. The smallest absolute Gasteiger partial charge is 0.165 e. The number of rotatable bonds is 6. The van der Waals surface area contributed by atoms with Crippen molar-refractivity contribution in [2.45, 2.75) is 6.92 Å². The van der Waals surface area contributed by atoms with Crippen LogP contribution in [0.1, 0.15) is 12.5 Å². The van der Waals surface area contributed by atoms with Crippen molar-refractivity contribution in [3.8, 4) is 22.9 Å². The molecule has 0 amide bonds. The fourth-order valence-corrected chi connectivity index (χ4v) is 3.19. The maximum absolute atomic E-state index is 14.3. The fraction of sp³-hybridized carbons (Fsp3) is 0.125. The van der Waals surface area contributed by atoms with Crippen LogP contribution in [-0.4, -0.2) is 29.9 Å². The first-order valence-corrected chi connectivity index (χ1v) is 9.65. The first-order valence-electron chi connectivity index (χ1n) is 9.65. The van der Waals surface area contributed by atoms with Crippen LogP contribution < -0.4 is 14.9 Å². The number of nitrogens with one attached hydrogen (secondary N) is 1. The zero-order valence-electron chi connectivity index (χ0n) is 17.4. The van der Waals surface area contributed by atoms with E-state index < -0.39 is 0 Å². The van der Waals surface area contributed by atoms with Crippen LogP contribution in [0.2, 0.25) is 0 Å². The summed E-state index contributed by atoms with van der Waals surface area (Å²) < 4.78 is 25.0. The van der Waals surface area contributed by atoms with Crippen molar-refractivity contribution in [1.82, 2.24) is 9.97 Å². The summed E-state index contributed by atoms with van der Waals surface area (Å²) >= 11 is 0. The van der Waals surface area contributed by atoms with E-state index in [-0.39, 0.29) is 5.82 Å². The summed E-state index contributed by atoms with van der Waals surface area (Å²) in [6.45, 7) is 1.87. The van der Waals surface area contributed by atoms with E-state index in [0.717, 1.165) is 16.7 Å². The van der Waals surface area contributed by atoms with Crippen LogP contribution in [0, 0.1) is 5.82 Å². The SMILES string of the molecule is COc1ccc(C(C)=NNc2nc(-c3ccccc3F)nc3ccccc23)cc1OC. The van der Waals surface area contributed by atoms with E-state index >= 15 is 0 Å². The van der Waals surface area contributed by atoms with E-state index in [4.69, 9.17) is 9.47 Å². The van der Waals surface area contributed by atoms with Crippen molar-refractivity contribution in [2.75, 3.05) is 19.6 Å². The zero-order valence-corrected chi connectivity index (χ0v) is 17.4. The Kier molecular flexibility index (Phi) is 5.75. The van der Waals surface area contributed by atoms with Gasteiger partial charge in [0.2, 0.25) is 0 Å². The van der Waals surface area contributed by atoms with Crippen LogP contribution in [0.4, 0.5) is 10.2 Å². The first-order chi connectivity index (χ1) is 15.1. The first kappa shape index (κ1) is 20.3. The van der Waals surface area contributed by atoms with Gasteiger partial charge in [0.1, 0.15) is 5.82 Å². The van der Waals surface area contributed by atoms with Gasteiger partial charge in [-0.15, -0.1) is 0 Å². The number of ether oxygens (including phenoxy) is 2. The lowest BCUT2D eigenvalue weighted by Gasteiger charge is -2.11. The summed E-state index contributed by atoms with van der Waals surface area (Å²) in [5, 5.41) is 5.27. The third-order valence-corrected chi connectivity index (χ3v) is 4.85. The highest BCUT2D eigenvalue weighted by atomic mass is 19.1. The second-order valence-corrected chi connectivity index (χ2v) is 6.77. The lowest BCUT2D eigenvalue weighted by Crippen LogP contribution is -2.04. The van der Waals surface area contributed by atoms with Crippen molar-refractivity contribution in [1.29, 1.82) is 0 Å². The molecule has 3 aromatic carbocycles. The van der Waals surface area contributed by atoms with Gasteiger partial charge in [0, 0.05) is 10.9 Å². The molecule has 0 bridgehead atoms. The number of para-hydroxylation sites is 1. The molecule has 4 aromatic rings. The van der Waals surface area contributed by atoms with E-state index in [0.29, 0.717) is 34.2 Å². The number of nitrogens with zero attached hydrogens (tertiary/aromatic N) is 3. The molecule has 4 rings (SSSR count). The highest BCUT2D eigenvalue weighted by Gasteiger charge is 2.12. The summed E-state index contributed by atoms with van der Waals surface area (Å²) in [5.41, 5.74) is 5.62. The van der Waals surface area contributed by atoms with Crippen molar-refractivity contribution >= 4 is 22.4 Å². The van der Waals surface area contributed by atoms with Gasteiger partial charge in [-0.2, -0.15) is 5.10 Å². The summed E-state index contributed by atoms with van der Waals surface area (Å²) in [7, 11) is 3.18. The summed E-state index contributed by atoms with van der Waals surface area (Å²) in [6, 6.07) is 19.5. The number of anilines is 1. The van der Waals surface area contributed by atoms with Gasteiger partial charge in [-0.05, 0) is 49.4 Å². The van der Waals surface area contributed by atoms with Crippen LogP contribution in [-0.2, 0) is 0 Å². The second kappa shape index (κ2) is 8.79. The van der Waals surface area contributed by atoms with Crippen molar-refractivity contribution < 1.29 is 13.9 Å². The Morgan fingerprint density at radius 1 is 0.903 bits per heavy atom. The topological polar surface area (TPSA) is 68.6 Å². The highest BCUT2D eigenvalue weighted by molar-refractivity contribution is 6.00. The Balaban J connectivity index is 1.73. The summed E-state index contributed by atoms with van der Waals surface area (Å²) in [5.74, 6) is 1.66. The van der Waals surface area contributed by atoms with Crippen LogP contribution in [0.5, 0.6) is 11.5 Å². The third kappa shape index (κ3) is 4.16. The Labute approximate surface area is 179 Å². The Bertz CT molecular complexity index is 1270. The van der Waals surface area contributed by atoms with Crippen molar-refractivity contribution in [3.63, 3.8) is 0 Å². The molecule has 0 radical (unpaired) electrons. The van der Waals surface area contributed by atoms with Gasteiger partial charge in [0.25, 0.3) is 0 Å². The number of methoxy groups -OCH3 is 2. The number of hydrazone groups is 1. The predicted molar refractivity (Wildman–Crippen MR) is 120 cm³/mol. The molecule has 0 saturated carbocycles. The minimum atomic E-state index is -0.381. The molecule has 0 atom stereocenters. The molecule has 31 heavy (non-hydrogen) atoms. The van der Waals surface area contributed by atoms with Crippen molar-refractivity contribution in [3.05, 3.63) is 78.1 Å². The maximum Gasteiger partial charge on any atom is 0.165 e. The average molecular weight is 416 g/mol. The molecule has 0 aliphatic rings. The number of benzene rings is 3. The minimum absolute atomic E-state index is 0.290. The number of halogens is 1. The second-order valence-electron chi connectivity index (χ2n) is 6.77. The summed E-state index contributed by atoms with van der Waals surface area (Å²) in [6.07, 6.45) is 0. The Hall–Kier alpha value is -4.00. The quantitative estimate of drug-likeness (QED) is 0.342. The molecule has 0 aliphatic heterocycles. The molecule has 0 spiro atoms. The molecule has 1 aromatic heterocycles. The van der Waals surface area contributed by atoms with E-state index in [1.165, 1.54) is 6.07 Å². The molecule has 6 nitrogen and oxygen atoms in total. The number of aromatic nitrogens is 2. The van der Waals surface area contributed by atoms with Gasteiger partial charge in [-0.3, -0.25) is 5.43 Å². The number of fused-ring (bicyclic) bond motifs is 1. The third-order valence-electron chi connectivity index (χ3n) is 4.85. The van der Waals surface area contributed by atoms with E-state index in [2.05, 4.69) is 20.5 Å². The fourth-order valence-electron chi connectivity index (χ4n) is 3.19. The number of hydrogen-bond acceptors (Lipinski definition) is 6. The Morgan fingerprint density at radius 3 is 2.42 bits per heavy atom. The van der Waals surface area contributed by atoms with Gasteiger partial charge in [-0.25, -0.2) is 14.4 Å². The van der Waals surface area contributed by atoms with Crippen LogP contribution in [0.3, 0.4) is 0 Å². The number of hydrogen-bond donors (Lipinski definition) is 1. The standard InChI is InChI=1S/C24H21FN4O2/c1-15(16-12-13-21(30-2)22(14-16)31-3)28-29-24-18-9-5-7-11-20(18)26-23(27-24)17-8-4-6-10-19(17)25/h4-14H,1-3H3,(H,26,27,29). The van der Waals surface area contributed by atoms with Crippen molar-refractivity contribution in [2.24, 2.45) is 5.10 Å². The minimum Gasteiger partial charge on any atom is -0.493 e. The normalized spacial score (nSPS) is 11.4. The van der Waals surface area contributed by atoms with Gasteiger partial charge in [-0.1, -0.05) is 24.3 Å². The highest BCUT2D eigenvalue weighted by Crippen LogP contribution is 2.29. The van der Waals surface area contributed by atoms with Gasteiger partial charge in [0.05, 0.1) is 31.0 Å². The van der Waals surface area contributed by atoms with E-state index in [1.54, 1.807) is 32.4 Å². The van der Waals surface area contributed by atoms with Crippen LogP contribution >= 0.6 is 0 Å². The van der Waals surface area contributed by atoms with Crippen LogP contribution in [0.25, 0.3) is 22.3 Å². The average Bonchev–Trinajstić information content (AvgIpc) is 2.81. The maximum atomic E-state index is 14.3. The van der Waals surface area contributed by atoms with Crippen LogP contribution in [0.15, 0.2) is 71.8 Å². The zero-order chi connectivity index (χ0) is 21.8. The monoisotopic (exact) mass is 416 g/mol. The van der Waals surface area contributed by atoms with Gasteiger partial charge in [0.15, 0.2) is 23.1 Å².